The van der Waals surface area contributed by atoms with E-state index in [-0.39, 0.29) is 0 Å². The molecule has 2 nitrogen and oxygen atoms in total. The van der Waals surface area contributed by atoms with E-state index in [0.717, 1.165) is 39.0 Å². The Hall–Kier alpha value is -7.16. The zero-order valence-electron chi connectivity index (χ0n) is 30.1. The van der Waals surface area contributed by atoms with E-state index in [1.807, 2.05) is 12.1 Å². The van der Waals surface area contributed by atoms with Crippen LogP contribution in [-0.4, -0.2) is 0 Å². The number of rotatable bonds is 6. The predicted molar refractivity (Wildman–Crippen MR) is 229 cm³/mol. The Morgan fingerprint density at radius 3 is 1.67 bits per heavy atom. The summed E-state index contributed by atoms with van der Waals surface area (Å²) in [6, 6.07) is 77.1. The molecule has 0 spiro atoms. The Kier molecular flexibility index (Phi) is 7.11. The Morgan fingerprint density at radius 2 is 0.927 bits per heavy atom. The Labute approximate surface area is 320 Å². The third-order valence-corrected chi connectivity index (χ3v) is 11.5. The van der Waals surface area contributed by atoms with E-state index in [4.69, 9.17) is 4.42 Å². The molecule has 0 saturated carbocycles. The van der Waals surface area contributed by atoms with Crippen LogP contribution in [0.5, 0.6) is 0 Å². The molecule has 55 heavy (non-hydrogen) atoms. The van der Waals surface area contributed by atoms with E-state index in [1.54, 1.807) is 0 Å². The van der Waals surface area contributed by atoms with Crippen LogP contribution < -0.4 is 4.90 Å². The molecule has 1 aliphatic rings. The molecule has 0 amide bonds. The fourth-order valence-corrected chi connectivity index (χ4v) is 9.22. The maximum Gasteiger partial charge on any atom is 0.137 e. The van der Waals surface area contributed by atoms with Gasteiger partial charge in [-0.05, 0) is 97.7 Å². The first-order valence-corrected chi connectivity index (χ1v) is 18.9. The number of para-hydroxylation sites is 2. The van der Waals surface area contributed by atoms with Crippen LogP contribution >= 0.6 is 0 Å². The van der Waals surface area contributed by atoms with Gasteiger partial charge in [0.2, 0.25) is 0 Å². The number of hydrogen-bond donors (Lipinski definition) is 0. The Bertz CT molecular complexity index is 2980. The number of furan rings is 1. The van der Waals surface area contributed by atoms with Crippen LogP contribution in [0, 0.1) is 0 Å². The molecule has 9 aromatic carbocycles. The maximum atomic E-state index is 6.44. The van der Waals surface area contributed by atoms with E-state index >= 15 is 0 Å². The molecule has 0 aliphatic heterocycles. The van der Waals surface area contributed by atoms with E-state index in [0.29, 0.717) is 0 Å². The minimum Gasteiger partial charge on any atom is -0.456 e. The molecule has 10 aromatic rings. The van der Waals surface area contributed by atoms with E-state index < -0.39 is 5.41 Å². The highest BCUT2D eigenvalue weighted by atomic mass is 16.3. The van der Waals surface area contributed by atoms with Gasteiger partial charge in [0.1, 0.15) is 11.2 Å². The average molecular weight is 702 g/mol. The summed E-state index contributed by atoms with van der Waals surface area (Å²) in [5.41, 5.74) is 14.5. The first-order valence-electron chi connectivity index (χ1n) is 18.9. The average Bonchev–Trinajstić information content (AvgIpc) is 3.78. The van der Waals surface area contributed by atoms with Gasteiger partial charge in [-0.25, -0.2) is 0 Å². The minimum atomic E-state index is -0.564. The number of anilines is 3. The van der Waals surface area contributed by atoms with Crippen molar-refractivity contribution in [2.75, 3.05) is 4.90 Å². The van der Waals surface area contributed by atoms with E-state index in [1.165, 1.54) is 55.3 Å². The SMILES string of the molecule is c1ccc(-c2cccc3c4c(ccc23)C(c2ccccc2)(c2ccccc2)c2cc(N(c3ccccc3)c3ccc5c(c3)oc3ccccc35)ccc2-4)cc1. The molecular formula is C53H35NO. The van der Waals surface area contributed by atoms with Crippen molar-refractivity contribution in [2.24, 2.45) is 0 Å². The minimum absolute atomic E-state index is 0.564. The standard InChI is InChI=1S/C53H35NO/c1-5-16-36(17-6-1)42-25-15-26-46-43(42)32-33-48-52(46)47-31-29-40(34-49(47)53(48,37-18-7-2-8-19-37)38-20-9-3-10-21-38)54(39-22-11-4-12-23-39)41-28-30-45-44-24-13-14-27-50(44)55-51(45)35-41/h1-35H. The van der Waals surface area contributed by atoms with Gasteiger partial charge in [0.25, 0.3) is 0 Å². The van der Waals surface area contributed by atoms with Crippen LogP contribution in [-0.2, 0) is 5.41 Å². The molecule has 0 radical (unpaired) electrons. The maximum absolute atomic E-state index is 6.44. The predicted octanol–water partition coefficient (Wildman–Crippen LogP) is 14.2. The van der Waals surface area contributed by atoms with E-state index in [2.05, 4.69) is 205 Å². The highest BCUT2D eigenvalue weighted by Gasteiger charge is 2.47. The molecule has 0 bridgehead atoms. The zero-order chi connectivity index (χ0) is 36.3. The van der Waals surface area contributed by atoms with Gasteiger partial charge in [-0.2, -0.15) is 0 Å². The van der Waals surface area contributed by atoms with Crippen LogP contribution in [0.4, 0.5) is 17.1 Å². The van der Waals surface area contributed by atoms with Crippen LogP contribution in [0.25, 0.3) is 55.0 Å². The zero-order valence-corrected chi connectivity index (χ0v) is 30.1. The quantitative estimate of drug-likeness (QED) is 0.172. The summed E-state index contributed by atoms with van der Waals surface area (Å²) in [5.74, 6) is 0. The van der Waals surface area contributed by atoms with Gasteiger partial charge >= 0.3 is 0 Å². The molecule has 0 N–H and O–H groups in total. The fourth-order valence-electron chi connectivity index (χ4n) is 9.22. The second-order valence-corrected chi connectivity index (χ2v) is 14.4. The van der Waals surface area contributed by atoms with Gasteiger partial charge in [-0.1, -0.05) is 164 Å². The van der Waals surface area contributed by atoms with Crippen molar-refractivity contribution in [3.63, 3.8) is 0 Å². The van der Waals surface area contributed by atoms with Crippen LogP contribution in [0.3, 0.4) is 0 Å². The van der Waals surface area contributed by atoms with Crippen LogP contribution in [0.1, 0.15) is 22.3 Å². The lowest BCUT2D eigenvalue weighted by molar-refractivity contribution is 0.669. The smallest absolute Gasteiger partial charge is 0.137 e. The second-order valence-electron chi connectivity index (χ2n) is 14.4. The third-order valence-electron chi connectivity index (χ3n) is 11.5. The first-order chi connectivity index (χ1) is 27.3. The Morgan fingerprint density at radius 1 is 0.345 bits per heavy atom. The molecule has 0 unspecified atom stereocenters. The van der Waals surface area contributed by atoms with Crippen molar-refractivity contribution in [2.45, 2.75) is 5.41 Å². The van der Waals surface area contributed by atoms with Crippen molar-refractivity contribution in [3.8, 4) is 22.3 Å². The van der Waals surface area contributed by atoms with Gasteiger partial charge in [-0.15, -0.1) is 0 Å². The largest absolute Gasteiger partial charge is 0.456 e. The molecular weight excluding hydrogens is 667 g/mol. The van der Waals surface area contributed by atoms with Gasteiger partial charge in [0, 0.05) is 33.9 Å². The summed E-state index contributed by atoms with van der Waals surface area (Å²) in [7, 11) is 0. The topological polar surface area (TPSA) is 16.4 Å². The lowest BCUT2D eigenvalue weighted by atomic mass is 9.67. The molecule has 1 heterocycles. The Balaban J connectivity index is 1.21. The highest BCUT2D eigenvalue weighted by molar-refractivity contribution is 6.10. The molecule has 2 heteroatoms. The van der Waals surface area contributed by atoms with Crippen molar-refractivity contribution >= 4 is 49.8 Å². The van der Waals surface area contributed by atoms with Crippen LogP contribution in [0.15, 0.2) is 217 Å². The summed E-state index contributed by atoms with van der Waals surface area (Å²) in [4.78, 5) is 2.36. The van der Waals surface area contributed by atoms with Crippen molar-refractivity contribution in [1.82, 2.24) is 0 Å². The molecule has 1 aromatic heterocycles. The summed E-state index contributed by atoms with van der Waals surface area (Å²) < 4.78 is 6.44. The normalized spacial score (nSPS) is 12.9. The van der Waals surface area contributed by atoms with E-state index in [9.17, 15) is 0 Å². The lowest BCUT2D eigenvalue weighted by Crippen LogP contribution is -2.28. The van der Waals surface area contributed by atoms with Crippen LogP contribution in [0.2, 0.25) is 0 Å². The van der Waals surface area contributed by atoms with Crippen molar-refractivity contribution < 1.29 is 4.42 Å². The molecule has 0 atom stereocenters. The second kappa shape index (κ2) is 12.5. The summed E-state index contributed by atoms with van der Waals surface area (Å²) in [6.45, 7) is 0. The molecule has 0 saturated heterocycles. The molecule has 0 fully saturated rings. The number of hydrogen-bond acceptors (Lipinski definition) is 2. The van der Waals surface area contributed by atoms with Gasteiger partial charge in [-0.3, -0.25) is 0 Å². The van der Waals surface area contributed by atoms with Crippen molar-refractivity contribution in [3.05, 3.63) is 235 Å². The molecule has 1 aliphatic carbocycles. The van der Waals surface area contributed by atoms with Gasteiger partial charge in [0.15, 0.2) is 0 Å². The highest BCUT2D eigenvalue weighted by Crippen LogP contribution is 2.59. The summed E-state index contributed by atoms with van der Waals surface area (Å²) >= 11 is 0. The summed E-state index contributed by atoms with van der Waals surface area (Å²) in [5, 5.41) is 4.76. The summed E-state index contributed by atoms with van der Waals surface area (Å²) in [6.07, 6.45) is 0. The van der Waals surface area contributed by atoms with Crippen molar-refractivity contribution in [1.29, 1.82) is 0 Å². The lowest BCUT2D eigenvalue weighted by Gasteiger charge is -2.35. The monoisotopic (exact) mass is 701 g/mol. The molecule has 258 valence electrons. The number of fused-ring (bicyclic) bond motifs is 8. The molecule has 11 rings (SSSR count). The number of nitrogens with zero attached hydrogens (tertiary/aromatic N) is 1. The fraction of sp³-hybridized carbons (Fsp3) is 0.0189. The van der Waals surface area contributed by atoms with Gasteiger partial charge < -0.3 is 9.32 Å². The van der Waals surface area contributed by atoms with Gasteiger partial charge in [0.05, 0.1) is 5.41 Å². The number of benzene rings is 9. The third kappa shape index (κ3) is 4.75. The first kappa shape index (κ1) is 31.4.